The number of nitrogens with one attached hydrogen (secondary N) is 1. The van der Waals surface area contributed by atoms with Crippen molar-refractivity contribution in [2.75, 3.05) is 11.9 Å². The minimum Gasteiger partial charge on any atom is -0.444 e. The highest BCUT2D eigenvalue weighted by Gasteiger charge is 2.31. The second-order valence-electron chi connectivity index (χ2n) is 9.79. The first-order chi connectivity index (χ1) is 16.6. The van der Waals surface area contributed by atoms with E-state index in [4.69, 9.17) is 9.72 Å². The second-order valence-corrected chi connectivity index (χ2v) is 9.79. The lowest BCUT2D eigenvalue weighted by molar-refractivity contribution is 0.0197. The van der Waals surface area contributed by atoms with Crippen LogP contribution in [0.3, 0.4) is 0 Å². The maximum atomic E-state index is 13.4. The van der Waals surface area contributed by atoms with Crippen molar-refractivity contribution in [3.63, 3.8) is 0 Å². The summed E-state index contributed by atoms with van der Waals surface area (Å²) in [5, 5.41) is 12.8. The van der Waals surface area contributed by atoms with Crippen molar-refractivity contribution in [1.82, 2.24) is 14.5 Å². The summed E-state index contributed by atoms with van der Waals surface area (Å²) >= 11 is 0. The predicted octanol–water partition coefficient (Wildman–Crippen LogP) is 4.53. The van der Waals surface area contributed by atoms with Crippen molar-refractivity contribution >= 4 is 17.7 Å². The number of fused-ring (bicyclic) bond motifs is 1. The van der Waals surface area contributed by atoms with Gasteiger partial charge < -0.3 is 24.6 Å². The van der Waals surface area contributed by atoms with Crippen molar-refractivity contribution in [2.45, 2.75) is 58.9 Å². The van der Waals surface area contributed by atoms with E-state index in [1.165, 1.54) is 0 Å². The summed E-state index contributed by atoms with van der Waals surface area (Å²) in [6, 6.07) is 17.1. The molecule has 184 valence electrons. The SMILES string of the molecule is C[C@H](O)c1cccc(NC(=O)c2nc(Cc3ccccc3)n3c2CN(C(=O)OC(C)(C)C)CC3)c1. The van der Waals surface area contributed by atoms with Crippen LogP contribution in [0, 0.1) is 0 Å². The Balaban J connectivity index is 1.65. The van der Waals surface area contributed by atoms with Crippen LogP contribution in [0.1, 0.15) is 66.9 Å². The Hall–Kier alpha value is -3.65. The molecule has 3 aromatic rings. The molecule has 1 aliphatic rings. The minimum atomic E-state index is -0.646. The highest BCUT2D eigenvalue weighted by atomic mass is 16.6. The number of imidazole rings is 1. The van der Waals surface area contributed by atoms with Crippen molar-refractivity contribution in [1.29, 1.82) is 0 Å². The van der Waals surface area contributed by atoms with E-state index in [2.05, 4.69) is 5.32 Å². The van der Waals surface area contributed by atoms with Gasteiger partial charge in [0.2, 0.25) is 0 Å². The van der Waals surface area contributed by atoms with Gasteiger partial charge in [-0.3, -0.25) is 4.79 Å². The Bertz CT molecular complexity index is 1210. The van der Waals surface area contributed by atoms with Crippen LogP contribution >= 0.6 is 0 Å². The molecule has 0 saturated carbocycles. The van der Waals surface area contributed by atoms with Gasteiger partial charge in [0.1, 0.15) is 11.4 Å². The van der Waals surface area contributed by atoms with E-state index in [0.717, 1.165) is 11.4 Å². The minimum absolute atomic E-state index is 0.229. The molecule has 0 aliphatic carbocycles. The normalized spacial score (nSPS) is 14.3. The topological polar surface area (TPSA) is 96.7 Å². The molecule has 8 nitrogen and oxygen atoms in total. The van der Waals surface area contributed by atoms with Crippen LogP contribution in [0.25, 0.3) is 0 Å². The number of anilines is 1. The lowest BCUT2D eigenvalue weighted by Crippen LogP contribution is -2.42. The summed E-state index contributed by atoms with van der Waals surface area (Å²) in [5.41, 5.74) is 2.72. The number of hydrogen-bond donors (Lipinski definition) is 2. The van der Waals surface area contributed by atoms with Crippen LogP contribution in [0.4, 0.5) is 10.5 Å². The van der Waals surface area contributed by atoms with Gasteiger partial charge in [-0.05, 0) is 51.0 Å². The summed E-state index contributed by atoms with van der Waals surface area (Å²) < 4.78 is 7.60. The van der Waals surface area contributed by atoms with Gasteiger partial charge >= 0.3 is 6.09 Å². The zero-order chi connectivity index (χ0) is 25.2. The zero-order valence-electron chi connectivity index (χ0n) is 20.6. The van der Waals surface area contributed by atoms with Gasteiger partial charge in [0.15, 0.2) is 5.69 Å². The Morgan fingerprint density at radius 3 is 2.54 bits per heavy atom. The molecule has 1 aromatic heterocycles. The fourth-order valence-corrected chi connectivity index (χ4v) is 4.09. The molecule has 1 aliphatic heterocycles. The lowest BCUT2D eigenvalue weighted by atomic mass is 10.1. The number of aliphatic hydroxyl groups is 1. The van der Waals surface area contributed by atoms with Gasteiger partial charge in [0.05, 0.1) is 18.3 Å². The molecule has 0 unspecified atom stereocenters. The number of amides is 2. The molecule has 2 amide bonds. The summed E-state index contributed by atoms with van der Waals surface area (Å²) in [6.45, 7) is 8.39. The lowest BCUT2D eigenvalue weighted by Gasteiger charge is -2.31. The number of aliphatic hydroxyl groups excluding tert-OH is 1. The highest BCUT2D eigenvalue weighted by Crippen LogP contribution is 2.25. The Morgan fingerprint density at radius 2 is 1.86 bits per heavy atom. The highest BCUT2D eigenvalue weighted by molar-refractivity contribution is 6.04. The smallest absolute Gasteiger partial charge is 0.410 e. The summed E-state index contributed by atoms with van der Waals surface area (Å²) in [7, 11) is 0. The first-order valence-corrected chi connectivity index (χ1v) is 11.8. The monoisotopic (exact) mass is 476 g/mol. The van der Waals surface area contributed by atoms with Gasteiger partial charge in [-0.2, -0.15) is 0 Å². The molecule has 4 rings (SSSR count). The van der Waals surface area contributed by atoms with Crippen LogP contribution in [0.15, 0.2) is 54.6 Å². The largest absolute Gasteiger partial charge is 0.444 e. The molecule has 1 atom stereocenters. The van der Waals surface area contributed by atoms with Gasteiger partial charge in [0, 0.05) is 25.2 Å². The van der Waals surface area contributed by atoms with Crippen LogP contribution < -0.4 is 5.32 Å². The molecule has 0 radical (unpaired) electrons. The van der Waals surface area contributed by atoms with E-state index in [9.17, 15) is 14.7 Å². The molecule has 8 heteroatoms. The molecular weight excluding hydrogens is 444 g/mol. The first-order valence-electron chi connectivity index (χ1n) is 11.8. The average molecular weight is 477 g/mol. The molecule has 0 fully saturated rings. The predicted molar refractivity (Wildman–Crippen MR) is 133 cm³/mol. The Kier molecular flexibility index (Phi) is 6.93. The van der Waals surface area contributed by atoms with Crippen molar-refractivity contribution in [2.24, 2.45) is 0 Å². The van der Waals surface area contributed by atoms with E-state index in [1.54, 1.807) is 36.1 Å². The average Bonchev–Trinajstić information content (AvgIpc) is 3.16. The van der Waals surface area contributed by atoms with Gasteiger partial charge in [-0.15, -0.1) is 0 Å². The van der Waals surface area contributed by atoms with Gasteiger partial charge in [0.25, 0.3) is 5.91 Å². The van der Waals surface area contributed by atoms with Crippen LogP contribution in [-0.4, -0.2) is 43.7 Å². The first kappa shape index (κ1) is 24.5. The molecule has 0 bridgehead atoms. The molecule has 0 spiro atoms. The molecular formula is C27H32N4O4. The number of carbonyl (C=O) groups is 2. The molecule has 0 saturated heterocycles. The summed E-state index contributed by atoms with van der Waals surface area (Å²) in [5.74, 6) is 0.416. The standard InChI is InChI=1S/C27H32N4O4/c1-18(32)20-11-8-12-21(16-20)28-25(33)24-22-17-30(26(34)35-27(2,3)4)13-14-31(22)23(29-24)15-19-9-6-5-7-10-19/h5-12,16,18,32H,13-15,17H2,1-4H3,(H,28,33)/t18-/m0/s1. The number of rotatable bonds is 5. The number of hydrogen-bond acceptors (Lipinski definition) is 5. The second kappa shape index (κ2) is 9.92. The van der Waals surface area contributed by atoms with Crippen molar-refractivity contribution < 1.29 is 19.4 Å². The van der Waals surface area contributed by atoms with Crippen molar-refractivity contribution in [3.8, 4) is 0 Å². The third-order valence-corrected chi connectivity index (χ3v) is 5.78. The van der Waals surface area contributed by atoms with E-state index >= 15 is 0 Å². The molecule has 2 aromatic carbocycles. The summed E-state index contributed by atoms with van der Waals surface area (Å²) in [4.78, 5) is 32.4. The fraction of sp³-hybridized carbons (Fsp3) is 0.370. The van der Waals surface area contributed by atoms with Gasteiger partial charge in [-0.1, -0.05) is 42.5 Å². The Morgan fingerprint density at radius 1 is 1.11 bits per heavy atom. The quantitative estimate of drug-likeness (QED) is 0.564. The van der Waals surface area contributed by atoms with Crippen molar-refractivity contribution in [3.05, 3.63) is 82.9 Å². The maximum Gasteiger partial charge on any atom is 0.410 e. The van der Waals surface area contributed by atoms with E-state index in [1.807, 2.05) is 55.7 Å². The number of ether oxygens (including phenoxy) is 1. The van der Waals surface area contributed by atoms with Crippen LogP contribution in [0.5, 0.6) is 0 Å². The molecule has 35 heavy (non-hydrogen) atoms. The number of benzene rings is 2. The van der Waals surface area contributed by atoms with Crippen LogP contribution in [-0.2, 0) is 24.2 Å². The van der Waals surface area contributed by atoms with E-state index < -0.39 is 17.8 Å². The molecule has 2 heterocycles. The Labute approximate surface area is 205 Å². The third-order valence-electron chi connectivity index (χ3n) is 5.78. The van der Waals surface area contributed by atoms with E-state index in [0.29, 0.717) is 36.5 Å². The molecule has 2 N–H and O–H groups in total. The fourth-order valence-electron chi connectivity index (χ4n) is 4.09. The van der Waals surface area contributed by atoms with E-state index in [-0.39, 0.29) is 18.1 Å². The summed E-state index contributed by atoms with van der Waals surface area (Å²) in [6.07, 6.45) is -0.483. The van der Waals surface area contributed by atoms with Gasteiger partial charge in [-0.25, -0.2) is 9.78 Å². The van der Waals surface area contributed by atoms with Crippen LogP contribution in [0.2, 0.25) is 0 Å². The zero-order valence-corrected chi connectivity index (χ0v) is 20.6. The third kappa shape index (κ3) is 5.89. The number of carbonyl (C=O) groups excluding carboxylic acids is 2. The maximum absolute atomic E-state index is 13.4. The number of aromatic nitrogens is 2. The number of nitrogens with zero attached hydrogens (tertiary/aromatic N) is 3.